The van der Waals surface area contributed by atoms with E-state index in [0.29, 0.717) is 5.82 Å². The highest BCUT2D eigenvalue weighted by Crippen LogP contribution is 2.30. The molecule has 0 radical (unpaired) electrons. The van der Waals surface area contributed by atoms with E-state index in [1.165, 1.54) is 6.92 Å². The fraction of sp³-hybridized carbons (Fsp3) is 0.250. The molecular weight excluding hydrogens is 213 g/mol. The number of aryl methyl sites for hydroxylation is 1. The fourth-order valence-corrected chi connectivity index (χ4v) is 1.15. The summed E-state index contributed by atoms with van der Waals surface area (Å²) in [4.78, 5) is 6.21. The number of hydrogen-bond acceptors (Lipinski definition) is 2. The van der Waals surface area contributed by atoms with Crippen LogP contribution in [0.4, 0.5) is 13.2 Å². The number of hydrogen-bond donors (Lipinski definition) is 1. The molecule has 0 saturated carbocycles. The van der Waals surface area contributed by atoms with Crippen LogP contribution in [0, 0.1) is 11.6 Å². The molecule has 0 spiro atoms. The Labute approximate surface area is 83.5 Å². The summed E-state index contributed by atoms with van der Waals surface area (Å²) in [6.07, 6.45) is -4.45. The molecule has 1 aromatic rings. The molecule has 0 bridgehead atoms. The highest BCUT2D eigenvalue weighted by atomic mass is 32.1. The summed E-state index contributed by atoms with van der Waals surface area (Å²) in [5.41, 5.74) is -1.09. The van der Waals surface area contributed by atoms with Crippen LogP contribution in [-0.4, -0.2) is 16.1 Å². The zero-order valence-electron chi connectivity index (χ0n) is 7.27. The summed E-state index contributed by atoms with van der Waals surface area (Å²) in [5.74, 6) is 0.331. The molecule has 0 unspecified atom stereocenters. The van der Waals surface area contributed by atoms with Crippen LogP contribution < -0.4 is 0 Å². The van der Waals surface area contributed by atoms with Gasteiger partial charge in [0, 0.05) is 0 Å². The second-order valence-electron chi connectivity index (χ2n) is 2.69. The maximum Gasteiger partial charge on any atom is 0.417 e. The summed E-state index contributed by atoms with van der Waals surface area (Å²) in [7, 11) is 0. The molecule has 0 fully saturated rings. The minimum atomic E-state index is -4.45. The van der Waals surface area contributed by atoms with E-state index in [9.17, 15) is 13.2 Å². The van der Waals surface area contributed by atoms with Gasteiger partial charge in [-0.25, -0.2) is 4.98 Å². The lowest BCUT2D eigenvalue weighted by Crippen LogP contribution is -2.11. The van der Waals surface area contributed by atoms with Gasteiger partial charge in [0.2, 0.25) is 0 Å². The molecule has 1 heterocycles. The quantitative estimate of drug-likeness (QED) is 0.737. The zero-order chi connectivity index (χ0) is 10.9. The molecule has 14 heavy (non-hydrogen) atoms. The summed E-state index contributed by atoms with van der Waals surface area (Å²) in [5, 5.41) is 0. The Kier molecular flexibility index (Phi) is 2.75. The molecule has 0 aliphatic rings. The largest absolute Gasteiger partial charge is 0.417 e. The zero-order valence-corrected chi connectivity index (χ0v) is 8.09. The van der Waals surface area contributed by atoms with Crippen LogP contribution in [0.15, 0.2) is 12.6 Å². The first kappa shape index (κ1) is 10.9. The predicted octanol–water partition coefficient (Wildman–Crippen LogP) is 3.02. The molecule has 2 nitrogen and oxygen atoms in total. The molecular formula is C8H7F3N2S. The number of allylic oxidation sites excluding steroid dienone is 1. The molecule has 0 amide bonds. The number of nitrogens with zero attached hydrogens (tertiary/aromatic N) is 1. The first-order valence-electron chi connectivity index (χ1n) is 3.65. The van der Waals surface area contributed by atoms with Gasteiger partial charge in [-0.05, 0) is 13.0 Å². The molecule has 0 aliphatic heterocycles. The number of aromatic nitrogens is 2. The van der Waals surface area contributed by atoms with Gasteiger partial charge < -0.3 is 4.98 Å². The third kappa shape index (κ3) is 2.41. The van der Waals surface area contributed by atoms with Gasteiger partial charge in [0.1, 0.15) is 10.5 Å². The van der Waals surface area contributed by atoms with Crippen molar-refractivity contribution in [3.63, 3.8) is 0 Å². The standard InChI is InChI=1S/C8H7F3N2S/c1-4(8(9,10)11)6-3-7(14)13-5(2)12-6/h3H,1H2,2H3,(H,12,13,14). The first-order valence-corrected chi connectivity index (χ1v) is 4.06. The molecule has 0 saturated heterocycles. The van der Waals surface area contributed by atoms with E-state index < -0.39 is 11.7 Å². The number of alkyl halides is 3. The van der Waals surface area contributed by atoms with Crippen molar-refractivity contribution in [3.05, 3.63) is 28.8 Å². The Morgan fingerprint density at radius 1 is 1.57 bits per heavy atom. The van der Waals surface area contributed by atoms with E-state index >= 15 is 0 Å². The van der Waals surface area contributed by atoms with Crippen LogP contribution >= 0.6 is 12.2 Å². The molecule has 6 heteroatoms. The summed E-state index contributed by atoms with van der Waals surface area (Å²) in [6.45, 7) is 4.48. The van der Waals surface area contributed by atoms with Crippen LogP contribution in [0.25, 0.3) is 5.57 Å². The van der Waals surface area contributed by atoms with Crippen molar-refractivity contribution in [1.29, 1.82) is 0 Å². The van der Waals surface area contributed by atoms with Crippen LogP contribution in [0.1, 0.15) is 11.5 Å². The Morgan fingerprint density at radius 3 is 2.57 bits per heavy atom. The SMILES string of the molecule is C=C(c1cc(=S)nc(C)[nH]1)C(F)(F)F. The Balaban J connectivity index is 3.21. The van der Waals surface area contributed by atoms with E-state index in [1.807, 2.05) is 0 Å². The molecule has 76 valence electrons. The molecule has 0 atom stereocenters. The molecule has 1 aromatic heterocycles. The van der Waals surface area contributed by atoms with Gasteiger partial charge in [0.15, 0.2) is 0 Å². The summed E-state index contributed by atoms with van der Waals surface area (Å²) >= 11 is 4.69. The third-order valence-corrected chi connectivity index (χ3v) is 1.74. The predicted molar refractivity (Wildman–Crippen MR) is 49.2 cm³/mol. The van der Waals surface area contributed by atoms with E-state index in [4.69, 9.17) is 0 Å². The second kappa shape index (κ2) is 3.53. The molecule has 0 aliphatic carbocycles. The summed E-state index contributed by atoms with van der Waals surface area (Å²) < 4.78 is 36.8. The highest BCUT2D eigenvalue weighted by Gasteiger charge is 2.33. The first-order chi connectivity index (χ1) is 6.30. The van der Waals surface area contributed by atoms with Gasteiger partial charge in [0.25, 0.3) is 0 Å². The van der Waals surface area contributed by atoms with Gasteiger partial charge in [-0.3, -0.25) is 0 Å². The number of halogens is 3. The number of rotatable bonds is 1. The topological polar surface area (TPSA) is 28.7 Å². The van der Waals surface area contributed by atoms with Crippen molar-refractivity contribution in [2.24, 2.45) is 0 Å². The van der Waals surface area contributed by atoms with Crippen molar-refractivity contribution < 1.29 is 13.2 Å². The van der Waals surface area contributed by atoms with Crippen molar-refractivity contribution in [3.8, 4) is 0 Å². The summed E-state index contributed by atoms with van der Waals surface area (Å²) in [6, 6.07) is 1.14. The van der Waals surface area contributed by atoms with Gasteiger partial charge in [-0.1, -0.05) is 18.8 Å². The lowest BCUT2D eigenvalue weighted by Gasteiger charge is -2.10. The van der Waals surface area contributed by atoms with Crippen molar-refractivity contribution in [2.45, 2.75) is 13.1 Å². The van der Waals surface area contributed by atoms with Gasteiger partial charge in [-0.15, -0.1) is 0 Å². The average molecular weight is 220 g/mol. The minimum absolute atomic E-state index is 0.113. The Hall–Kier alpha value is -1.17. The monoisotopic (exact) mass is 220 g/mol. The van der Waals surface area contributed by atoms with E-state index in [-0.39, 0.29) is 10.3 Å². The van der Waals surface area contributed by atoms with E-state index in [1.54, 1.807) is 0 Å². The number of aromatic amines is 1. The van der Waals surface area contributed by atoms with Crippen LogP contribution in [0.5, 0.6) is 0 Å². The lowest BCUT2D eigenvalue weighted by molar-refractivity contribution is -0.0689. The molecule has 0 aromatic carbocycles. The Bertz CT molecular complexity index is 419. The van der Waals surface area contributed by atoms with Crippen LogP contribution in [0.3, 0.4) is 0 Å². The molecule has 1 N–H and O–H groups in total. The third-order valence-electron chi connectivity index (χ3n) is 1.53. The van der Waals surface area contributed by atoms with Crippen molar-refractivity contribution in [2.75, 3.05) is 0 Å². The number of H-pyrrole nitrogens is 1. The van der Waals surface area contributed by atoms with Crippen LogP contribution in [-0.2, 0) is 0 Å². The van der Waals surface area contributed by atoms with Crippen LogP contribution in [0.2, 0.25) is 0 Å². The van der Waals surface area contributed by atoms with Gasteiger partial charge in [-0.2, -0.15) is 13.2 Å². The smallest absolute Gasteiger partial charge is 0.343 e. The lowest BCUT2D eigenvalue weighted by atomic mass is 10.2. The maximum atomic E-state index is 12.2. The van der Waals surface area contributed by atoms with E-state index in [0.717, 1.165) is 6.07 Å². The Morgan fingerprint density at radius 2 is 2.14 bits per heavy atom. The molecule has 1 rings (SSSR count). The number of nitrogens with one attached hydrogen (secondary N) is 1. The maximum absolute atomic E-state index is 12.2. The van der Waals surface area contributed by atoms with E-state index in [2.05, 4.69) is 28.8 Å². The fourth-order valence-electron chi connectivity index (χ4n) is 0.895. The second-order valence-corrected chi connectivity index (χ2v) is 3.11. The van der Waals surface area contributed by atoms with Gasteiger partial charge in [0.05, 0.1) is 11.3 Å². The van der Waals surface area contributed by atoms with Crippen molar-refractivity contribution in [1.82, 2.24) is 9.97 Å². The van der Waals surface area contributed by atoms with Crippen molar-refractivity contribution >= 4 is 17.8 Å². The average Bonchev–Trinajstić information content (AvgIpc) is 1.99. The van der Waals surface area contributed by atoms with Gasteiger partial charge >= 0.3 is 6.18 Å². The minimum Gasteiger partial charge on any atom is -0.343 e. The normalized spacial score (nSPS) is 11.4. The highest BCUT2D eigenvalue weighted by molar-refractivity contribution is 7.71.